The molecule has 3 aliphatic rings. The van der Waals surface area contributed by atoms with E-state index in [-0.39, 0.29) is 34.5 Å². The molecule has 1 amide bonds. The van der Waals surface area contributed by atoms with Gasteiger partial charge in [-0.05, 0) is 59.9 Å². The first-order valence-corrected chi connectivity index (χ1v) is 11.9. The fraction of sp³-hybridized carbons (Fsp3) is 0.480. The fourth-order valence-electron chi connectivity index (χ4n) is 5.78. The number of aryl methyl sites for hydroxylation is 1. The average Bonchev–Trinajstić information content (AvgIpc) is 3.43. The van der Waals surface area contributed by atoms with E-state index in [2.05, 4.69) is 41.2 Å². The zero-order chi connectivity index (χ0) is 24.8. The van der Waals surface area contributed by atoms with Crippen molar-refractivity contribution in [2.24, 2.45) is 0 Å². The van der Waals surface area contributed by atoms with Crippen LogP contribution in [-0.2, 0) is 10.2 Å². The molecule has 4 aromatic rings. The smallest absolute Gasteiger partial charge is 0.262 e. The number of amides is 1. The summed E-state index contributed by atoms with van der Waals surface area (Å²) >= 11 is 0. The summed E-state index contributed by atoms with van der Waals surface area (Å²) in [7, 11) is 0. The number of nitrogens with zero attached hydrogens (tertiary/aromatic N) is 6. The summed E-state index contributed by atoms with van der Waals surface area (Å²) in [5.74, 6) is 0.368. The van der Waals surface area contributed by atoms with Crippen LogP contribution in [-0.4, -0.2) is 52.2 Å². The second kappa shape index (κ2) is 7.00. The maximum Gasteiger partial charge on any atom is 0.262 e. The summed E-state index contributed by atoms with van der Waals surface area (Å²) < 4.78 is 15.7. The quantitative estimate of drug-likeness (QED) is 0.469. The zero-order valence-electron chi connectivity index (χ0n) is 20.8. The number of carbonyl (C=O) groups excluding carboxylic acids is 1. The Labute approximate surface area is 202 Å². The van der Waals surface area contributed by atoms with E-state index in [1.807, 2.05) is 33.2 Å². The van der Waals surface area contributed by atoms with Crippen LogP contribution in [0.3, 0.4) is 0 Å². The maximum absolute atomic E-state index is 13.4. The van der Waals surface area contributed by atoms with Crippen LogP contribution in [0.2, 0.25) is 0 Å². The Morgan fingerprint density at radius 2 is 1.91 bits per heavy atom. The molecule has 0 atom stereocenters. The summed E-state index contributed by atoms with van der Waals surface area (Å²) in [6.07, 6.45) is 10.5. The van der Waals surface area contributed by atoms with Crippen molar-refractivity contribution in [1.82, 2.24) is 29.0 Å². The second-order valence-corrected chi connectivity index (χ2v) is 10.9. The van der Waals surface area contributed by atoms with Crippen LogP contribution in [0.4, 0.5) is 5.69 Å². The number of imidazole rings is 1. The van der Waals surface area contributed by atoms with Gasteiger partial charge in [0.2, 0.25) is 11.7 Å². The van der Waals surface area contributed by atoms with Crippen molar-refractivity contribution in [2.45, 2.75) is 77.1 Å². The van der Waals surface area contributed by atoms with E-state index >= 15 is 0 Å². The van der Waals surface area contributed by atoms with Crippen LogP contribution in [0.1, 0.15) is 69.1 Å². The third-order valence-corrected chi connectivity index (χ3v) is 7.23. The number of aromatic nitrogens is 6. The first kappa shape index (κ1) is 22.0. The molecule has 2 bridgehead atoms. The van der Waals surface area contributed by atoms with Gasteiger partial charge >= 0.3 is 0 Å². The fourth-order valence-corrected chi connectivity index (χ4v) is 5.78. The van der Waals surface area contributed by atoms with Crippen molar-refractivity contribution in [2.75, 3.05) is 5.32 Å². The highest BCUT2D eigenvalue weighted by Gasteiger charge is 2.71. The molecule has 1 aliphatic carbocycles. The van der Waals surface area contributed by atoms with Crippen LogP contribution in [0.5, 0.6) is 5.88 Å². The molecule has 182 valence electrons. The number of hydrogen-bond acceptors (Lipinski definition) is 7. The number of carbonyl (C=O) groups is 1. The standard InChI is InChI=1S/C25H29N7O3/c1-14(2)34-21-16(20(33)28-17-8-27-32-9-15(3)7-26-19(17)32)10-31-11-18(29-22(31)30-21)25-12-24(6,13-25)35-23(25,4)5/h7-11,14H,12-13H2,1-6H3,(H,28,33). The van der Waals surface area contributed by atoms with Gasteiger partial charge in [0.25, 0.3) is 5.91 Å². The molecule has 6 heterocycles. The van der Waals surface area contributed by atoms with Crippen LogP contribution < -0.4 is 10.1 Å². The van der Waals surface area contributed by atoms with Crippen LogP contribution >= 0.6 is 0 Å². The number of hydrogen-bond donors (Lipinski definition) is 1. The van der Waals surface area contributed by atoms with Gasteiger partial charge in [-0.15, -0.1) is 0 Å². The third kappa shape index (κ3) is 3.23. The van der Waals surface area contributed by atoms with E-state index in [0.717, 1.165) is 24.1 Å². The van der Waals surface area contributed by atoms with Gasteiger partial charge in [-0.25, -0.2) is 14.5 Å². The summed E-state index contributed by atoms with van der Waals surface area (Å²) in [6, 6.07) is 0. The molecule has 10 heteroatoms. The first-order chi connectivity index (χ1) is 16.5. The van der Waals surface area contributed by atoms with Gasteiger partial charge < -0.3 is 14.8 Å². The highest BCUT2D eigenvalue weighted by atomic mass is 16.5. The topological polar surface area (TPSA) is 108 Å². The SMILES string of the molecule is Cc1cnc2c(NC(=O)c3cn4cc(C56CC(C)(C5)OC6(C)C)nc4nc3OC(C)C)cnn2c1. The maximum atomic E-state index is 13.4. The van der Waals surface area contributed by atoms with Crippen LogP contribution in [0.15, 0.2) is 31.0 Å². The van der Waals surface area contributed by atoms with Gasteiger partial charge in [-0.2, -0.15) is 10.1 Å². The summed E-state index contributed by atoms with van der Waals surface area (Å²) in [4.78, 5) is 27.3. The zero-order valence-corrected chi connectivity index (χ0v) is 20.8. The molecule has 0 aromatic carbocycles. The highest BCUT2D eigenvalue weighted by molar-refractivity contribution is 6.07. The van der Waals surface area contributed by atoms with Crippen molar-refractivity contribution in [3.63, 3.8) is 0 Å². The van der Waals surface area contributed by atoms with E-state index in [1.54, 1.807) is 27.5 Å². The van der Waals surface area contributed by atoms with Crippen molar-refractivity contribution in [3.05, 3.63) is 47.8 Å². The monoisotopic (exact) mass is 475 g/mol. The average molecular weight is 476 g/mol. The Morgan fingerprint density at radius 3 is 2.60 bits per heavy atom. The van der Waals surface area contributed by atoms with E-state index in [1.165, 1.54) is 0 Å². The van der Waals surface area contributed by atoms with E-state index in [4.69, 9.17) is 14.5 Å². The molecular weight excluding hydrogens is 446 g/mol. The normalized spacial score (nSPS) is 24.8. The van der Waals surface area contributed by atoms with Crippen molar-refractivity contribution in [3.8, 4) is 5.88 Å². The van der Waals surface area contributed by atoms with Gasteiger partial charge in [0.1, 0.15) is 11.3 Å². The van der Waals surface area contributed by atoms with Crippen LogP contribution in [0, 0.1) is 6.92 Å². The molecule has 2 aliphatic heterocycles. The van der Waals surface area contributed by atoms with E-state index in [0.29, 0.717) is 22.7 Å². The molecular formula is C25H29N7O3. The van der Waals surface area contributed by atoms with E-state index in [9.17, 15) is 4.79 Å². The predicted octanol–water partition coefficient (Wildman–Crippen LogP) is 3.72. The first-order valence-electron chi connectivity index (χ1n) is 11.9. The number of ether oxygens (including phenoxy) is 2. The lowest BCUT2D eigenvalue weighted by Gasteiger charge is -2.44. The Hall–Kier alpha value is -3.53. The number of fused-ring (bicyclic) bond motifs is 3. The van der Waals surface area contributed by atoms with Gasteiger partial charge in [0, 0.05) is 30.2 Å². The lowest BCUT2D eigenvalue weighted by molar-refractivity contribution is -0.0425. The molecule has 1 N–H and O–H groups in total. The van der Waals surface area contributed by atoms with Gasteiger partial charge in [-0.3, -0.25) is 9.20 Å². The molecule has 3 fully saturated rings. The molecule has 0 unspecified atom stereocenters. The molecule has 4 aromatic heterocycles. The molecule has 10 nitrogen and oxygen atoms in total. The predicted molar refractivity (Wildman–Crippen MR) is 129 cm³/mol. The minimum Gasteiger partial charge on any atom is -0.474 e. The Bertz CT molecular complexity index is 1490. The summed E-state index contributed by atoms with van der Waals surface area (Å²) in [6.45, 7) is 12.1. The van der Waals surface area contributed by atoms with E-state index < -0.39 is 0 Å². The number of nitrogens with one attached hydrogen (secondary N) is 1. The molecule has 2 saturated heterocycles. The minimum absolute atomic E-state index is 0.107. The summed E-state index contributed by atoms with van der Waals surface area (Å²) in [5, 5.41) is 7.21. The minimum atomic E-state index is -0.360. The number of anilines is 1. The number of rotatable bonds is 5. The molecule has 7 rings (SSSR count). The Balaban J connectivity index is 1.39. The molecule has 35 heavy (non-hydrogen) atoms. The Morgan fingerprint density at radius 1 is 1.14 bits per heavy atom. The van der Waals surface area contributed by atoms with Crippen molar-refractivity contribution in [1.29, 1.82) is 0 Å². The van der Waals surface area contributed by atoms with Crippen LogP contribution in [0.25, 0.3) is 11.4 Å². The molecule has 0 radical (unpaired) electrons. The summed E-state index contributed by atoms with van der Waals surface area (Å²) in [5.41, 5.74) is 2.67. The van der Waals surface area contributed by atoms with Crippen molar-refractivity contribution >= 4 is 23.0 Å². The van der Waals surface area contributed by atoms with Gasteiger partial charge in [0.05, 0.1) is 29.2 Å². The second-order valence-electron chi connectivity index (χ2n) is 10.9. The largest absolute Gasteiger partial charge is 0.474 e. The Kier molecular flexibility index (Phi) is 4.40. The highest BCUT2D eigenvalue weighted by Crippen LogP contribution is 2.66. The lowest BCUT2D eigenvalue weighted by atomic mass is 9.56. The van der Waals surface area contributed by atoms with Gasteiger partial charge in [-0.1, -0.05) is 0 Å². The lowest BCUT2D eigenvalue weighted by Crippen LogP contribution is -2.50. The van der Waals surface area contributed by atoms with Crippen molar-refractivity contribution < 1.29 is 14.3 Å². The molecule has 1 saturated carbocycles. The third-order valence-electron chi connectivity index (χ3n) is 7.23. The van der Waals surface area contributed by atoms with Gasteiger partial charge in [0.15, 0.2) is 5.65 Å². The molecule has 0 spiro atoms.